The third-order valence-electron chi connectivity index (χ3n) is 7.59. The molecule has 5 rings (SSSR count). The zero-order chi connectivity index (χ0) is 24.4. The minimum Gasteiger partial charge on any atom is -0.371 e. The van der Waals surface area contributed by atoms with Crippen molar-refractivity contribution in [3.8, 4) is 0 Å². The van der Waals surface area contributed by atoms with Crippen molar-refractivity contribution in [2.45, 2.75) is 53.4 Å². The van der Waals surface area contributed by atoms with Gasteiger partial charge in [0.05, 0.1) is 0 Å². The molecule has 1 N–H and O–H groups in total. The highest BCUT2D eigenvalue weighted by Gasteiger charge is 2.32. The van der Waals surface area contributed by atoms with E-state index in [1.54, 1.807) is 0 Å². The molecule has 0 bridgehead atoms. The van der Waals surface area contributed by atoms with Crippen LogP contribution >= 0.6 is 0 Å². The monoisotopic (exact) mass is 472 g/mol. The van der Waals surface area contributed by atoms with Gasteiger partial charge in [0, 0.05) is 62.1 Å². The average Bonchev–Trinajstić information content (AvgIpc) is 2.86. The van der Waals surface area contributed by atoms with E-state index in [1.165, 1.54) is 36.1 Å². The van der Waals surface area contributed by atoms with Gasteiger partial charge >= 0.3 is 0 Å². The summed E-state index contributed by atoms with van der Waals surface area (Å²) < 4.78 is 0. The molecule has 2 saturated heterocycles. The Balaban J connectivity index is 1.37. The van der Waals surface area contributed by atoms with Crippen molar-refractivity contribution in [1.29, 1.82) is 0 Å². The molecule has 2 aliphatic heterocycles. The minimum atomic E-state index is 0.191. The zero-order valence-electron chi connectivity index (χ0n) is 21.8. The van der Waals surface area contributed by atoms with E-state index in [2.05, 4.69) is 90.2 Å². The average molecular weight is 473 g/mol. The van der Waals surface area contributed by atoms with Gasteiger partial charge in [0.25, 0.3) is 0 Å². The van der Waals surface area contributed by atoms with Crippen LogP contribution in [-0.2, 0) is 0 Å². The molecule has 2 aromatic rings. The second-order valence-corrected chi connectivity index (χ2v) is 10.9. The lowest BCUT2D eigenvalue weighted by Gasteiger charge is -2.44. The third kappa shape index (κ3) is 5.31. The number of anilines is 4. The first-order valence-electron chi connectivity index (χ1n) is 13.2. The van der Waals surface area contributed by atoms with Gasteiger partial charge in [-0.1, -0.05) is 43.7 Å². The maximum absolute atomic E-state index is 5.08. The minimum absolute atomic E-state index is 0.191. The molecule has 6 heteroatoms. The molecule has 35 heavy (non-hydrogen) atoms. The van der Waals surface area contributed by atoms with E-state index in [0.29, 0.717) is 0 Å². The zero-order valence-corrected chi connectivity index (χ0v) is 21.8. The van der Waals surface area contributed by atoms with E-state index in [1.807, 2.05) is 0 Å². The molecule has 1 aliphatic carbocycles. The first kappa shape index (κ1) is 23.7. The van der Waals surface area contributed by atoms with Crippen LogP contribution in [0.15, 0.2) is 53.8 Å². The summed E-state index contributed by atoms with van der Waals surface area (Å²) in [6, 6.07) is 10.6. The number of benzene rings is 1. The lowest BCUT2D eigenvalue weighted by atomic mass is 9.79. The van der Waals surface area contributed by atoms with Crippen molar-refractivity contribution in [2.75, 3.05) is 54.4 Å². The van der Waals surface area contributed by atoms with Crippen molar-refractivity contribution in [3.05, 3.63) is 59.3 Å². The Hall–Kier alpha value is -3.02. The lowest BCUT2D eigenvalue weighted by molar-refractivity contribution is 0.237. The van der Waals surface area contributed by atoms with Gasteiger partial charge in [-0.05, 0) is 57.2 Å². The summed E-state index contributed by atoms with van der Waals surface area (Å²) in [5.41, 5.74) is 5.42. The highest BCUT2D eigenvalue weighted by Crippen LogP contribution is 2.39. The van der Waals surface area contributed by atoms with Gasteiger partial charge in [-0.3, -0.25) is 0 Å². The fourth-order valence-electron chi connectivity index (χ4n) is 5.74. The topological polar surface area (TPSA) is 47.5 Å². The van der Waals surface area contributed by atoms with Crippen LogP contribution in [0.3, 0.4) is 0 Å². The molecule has 0 atom stereocenters. The fraction of sp³-hybridized carbons (Fsp3) is 0.517. The predicted molar refractivity (Wildman–Crippen MR) is 147 cm³/mol. The Morgan fingerprint density at radius 1 is 0.800 bits per heavy atom. The maximum Gasteiger partial charge on any atom is 0.229 e. The number of hydrogen-bond donors (Lipinski definition) is 1. The molecule has 0 spiro atoms. The number of piperidine rings is 1. The summed E-state index contributed by atoms with van der Waals surface area (Å²) in [4.78, 5) is 17.4. The van der Waals surface area contributed by atoms with Gasteiger partial charge in [-0.2, -0.15) is 9.97 Å². The normalized spacial score (nSPS) is 20.4. The Morgan fingerprint density at radius 3 is 2.17 bits per heavy atom. The van der Waals surface area contributed by atoms with Crippen LogP contribution in [0.4, 0.5) is 23.3 Å². The maximum atomic E-state index is 5.08. The van der Waals surface area contributed by atoms with E-state index < -0.39 is 0 Å². The molecule has 186 valence electrons. The first-order valence-corrected chi connectivity index (χ1v) is 13.2. The second kappa shape index (κ2) is 9.92. The lowest BCUT2D eigenvalue weighted by Crippen LogP contribution is -2.49. The van der Waals surface area contributed by atoms with Gasteiger partial charge in [-0.25, -0.2) is 0 Å². The number of allylic oxidation sites excluding steroid dienone is 4. The molecular weight excluding hydrogens is 432 g/mol. The van der Waals surface area contributed by atoms with E-state index in [-0.39, 0.29) is 5.41 Å². The van der Waals surface area contributed by atoms with Crippen LogP contribution in [0.2, 0.25) is 0 Å². The number of piperazine rings is 1. The summed E-state index contributed by atoms with van der Waals surface area (Å²) in [7, 11) is 0. The number of hydrogen-bond acceptors (Lipinski definition) is 6. The van der Waals surface area contributed by atoms with Crippen molar-refractivity contribution >= 4 is 23.3 Å². The number of rotatable bonds is 5. The number of aryl methyl sites for hydroxylation is 1. The fourth-order valence-corrected chi connectivity index (χ4v) is 5.74. The quantitative estimate of drug-likeness (QED) is 0.585. The van der Waals surface area contributed by atoms with E-state index in [4.69, 9.17) is 9.97 Å². The predicted octanol–water partition coefficient (Wildman–Crippen LogP) is 5.90. The van der Waals surface area contributed by atoms with Crippen LogP contribution in [0.1, 0.15) is 52.0 Å². The highest BCUT2D eigenvalue weighted by atomic mass is 15.3. The van der Waals surface area contributed by atoms with Gasteiger partial charge < -0.3 is 20.0 Å². The molecule has 1 aromatic carbocycles. The molecule has 1 aromatic heterocycles. The number of nitrogens with zero attached hydrogens (tertiary/aromatic N) is 5. The highest BCUT2D eigenvalue weighted by molar-refractivity contribution is 5.62. The third-order valence-corrected chi connectivity index (χ3v) is 7.59. The summed E-state index contributed by atoms with van der Waals surface area (Å²) in [5.74, 6) is 2.76. The molecule has 3 heterocycles. The molecule has 0 saturated carbocycles. The Labute approximate surface area is 210 Å². The number of nitrogens with one attached hydrogen (secondary N) is 1. The van der Waals surface area contributed by atoms with Crippen molar-refractivity contribution in [2.24, 2.45) is 5.41 Å². The van der Waals surface area contributed by atoms with Gasteiger partial charge in [0.15, 0.2) is 0 Å². The van der Waals surface area contributed by atoms with Crippen LogP contribution in [0, 0.1) is 12.3 Å². The van der Waals surface area contributed by atoms with E-state index in [0.717, 1.165) is 69.0 Å². The molecule has 6 nitrogen and oxygen atoms in total. The first-order chi connectivity index (χ1) is 16.9. The smallest absolute Gasteiger partial charge is 0.229 e. The number of aromatic nitrogens is 2. The Morgan fingerprint density at radius 2 is 1.49 bits per heavy atom. The molecule has 2 fully saturated rings. The summed E-state index contributed by atoms with van der Waals surface area (Å²) in [6.07, 6.45) is 9.49. The van der Waals surface area contributed by atoms with Crippen LogP contribution in [0.25, 0.3) is 0 Å². The molecule has 0 amide bonds. The van der Waals surface area contributed by atoms with Gasteiger partial charge in [0.1, 0.15) is 11.6 Å². The molecular formula is C29H40N6. The molecule has 0 unspecified atom stereocenters. The summed E-state index contributed by atoms with van der Waals surface area (Å²) >= 11 is 0. The van der Waals surface area contributed by atoms with Gasteiger partial charge in [0.2, 0.25) is 5.95 Å². The SMILES string of the molecule is CC1=C(N2CCN(c3nc(Nc4ccc(C)cc4)cc(N4CCCCC4)n3)CC2)C(C)(C)CC=C1. The second-order valence-electron chi connectivity index (χ2n) is 10.9. The molecule has 0 radical (unpaired) electrons. The molecule has 3 aliphatic rings. The standard InChI is InChI=1S/C29H40N6/c1-22-10-12-24(13-11-22)30-25-21-26(33-15-6-5-7-16-33)32-28(31-25)35-19-17-34(18-20-35)27-23(2)9-8-14-29(27,3)4/h8-13,21H,5-7,14-20H2,1-4H3,(H,30,31,32). The summed E-state index contributed by atoms with van der Waals surface area (Å²) in [6.45, 7) is 15.1. The van der Waals surface area contributed by atoms with E-state index in [9.17, 15) is 0 Å². The van der Waals surface area contributed by atoms with Gasteiger partial charge in [-0.15, -0.1) is 0 Å². The Kier molecular flexibility index (Phi) is 6.72. The van der Waals surface area contributed by atoms with E-state index >= 15 is 0 Å². The van der Waals surface area contributed by atoms with Crippen molar-refractivity contribution < 1.29 is 0 Å². The largest absolute Gasteiger partial charge is 0.371 e. The van der Waals surface area contributed by atoms with Crippen molar-refractivity contribution in [3.63, 3.8) is 0 Å². The van der Waals surface area contributed by atoms with Crippen molar-refractivity contribution in [1.82, 2.24) is 14.9 Å². The summed E-state index contributed by atoms with van der Waals surface area (Å²) in [5, 5.41) is 3.54. The van der Waals surface area contributed by atoms with Crippen LogP contribution in [-0.4, -0.2) is 54.1 Å². The van der Waals surface area contributed by atoms with Crippen LogP contribution in [0.5, 0.6) is 0 Å². The Bertz CT molecular complexity index is 1090. The van der Waals surface area contributed by atoms with Crippen LogP contribution < -0.4 is 15.1 Å².